The number of carbonyl (C=O) groups excluding carboxylic acids is 1. The quantitative estimate of drug-likeness (QED) is 0.808. The molecule has 0 radical (unpaired) electrons. The number of benzene rings is 1. The number of hydrogen-bond donors (Lipinski definition) is 1. The Morgan fingerprint density at radius 2 is 2.04 bits per heavy atom. The summed E-state index contributed by atoms with van der Waals surface area (Å²) in [5, 5.41) is 0. The maximum absolute atomic E-state index is 13.1. The molecule has 2 aliphatic heterocycles. The van der Waals surface area contributed by atoms with Crippen molar-refractivity contribution in [1.29, 1.82) is 0 Å². The van der Waals surface area contributed by atoms with Gasteiger partial charge in [0, 0.05) is 31.2 Å². The number of aryl methyl sites for hydroxylation is 1. The van der Waals surface area contributed by atoms with Crippen LogP contribution in [0.4, 0.5) is 0 Å². The van der Waals surface area contributed by atoms with Gasteiger partial charge in [-0.25, -0.2) is 0 Å². The molecule has 0 bridgehead atoms. The van der Waals surface area contributed by atoms with Gasteiger partial charge in [-0.1, -0.05) is 0 Å². The Bertz CT molecular complexity index is 993. The van der Waals surface area contributed by atoms with Gasteiger partial charge in [0.2, 0.25) is 0 Å². The van der Waals surface area contributed by atoms with E-state index in [4.69, 9.17) is 0 Å². The van der Waals surface area contributed by atoms with E-state index in [9.17, 15) is 14.4 Å². The highest BCUT2D eigenvalue weighted by atomic mass is 16.2. The minimum Gasteiger partial charge on any atom is -0.338 e. The fourth-order valence-corrected chi connectivity index (χ4v) is 4.75. The van der Waals surface area contributed by atoms with Crippen LogP contribution in [-0.2, 0) is 6.54 Å². The molecule has 3 heterocycles. The number of aromatic nitrogens is 2. The van der Waals surface area contributed by atoms with Gasteiger partial charge in [-0.15, -0.1) is 0 Å². The minimum atomic E-state index is -0.653. The summed E-state index contributed by atoms with van der Waals surface area (Å²) in [5.74, 6) is 0.533. The van der Waals surface area contributed by atoms with Crippen LogP contribution < -0.4 is 11.1 Å². The number of nitrogens with one attached hydrogen (secondary N) is 1. The minimum absolute atomic E-state index is 0.00123. The van der Waals surface area contributed by atoms with E-state index in [1.54, 1.807) is 18.2 Å². The lowest BCUT2D eigenvalue weighted by Gasteiger charge is -2.46. The first-order valence-electron chi connectivity index (χ1n) is 9.76. The number of nitrogens with zero attached hydrogens (tertiary/aromatic N) is 3. The average Bonchev–Trinajstić information content (AvgIpc) is 2.68. The SMILES string of the molecule is CCn1c(=O)c(=O)[nH]c2cc(C(=O)N3CCC4C(CCCN4C)C3)ccc21. The van der Waals surface area contributed by atoms with Gasteiger partial charge in [-0.2, -0.15) is 0 Å². The summed E-state index contributed by atoms with van der Waals surface area (Å²) in [4.78, 5) is 43.9. The molecule has 2 saturated heterocycles. The van der Waals surface area contributed by atoms with E-state index in [1.807, 2.05) is 11.8 Å². The number of piperidine rings is 2. The first-order valence-corrected chi connectivity index (χ1v) is 9.76. The van der Waals surface area contributed by atoms with Crippen molar-refractivity contribution in [3.8, 4) is 0 Å². The second kappa shape index (κ2) is 6.96. The number of carbonyl (C=O) groups is 1. The smallest absolute Gasteiger partial charge is 0.316 e. The molecule has 1 aromatic heterocycles. The maximum Gasteiger partial charge on any atom is 0.316 e. The van der Waals surface area contributed by atoms with E-state index >= 15 is 0 Å². The molecule has 1 N–H and O–H groups in total. The molecule has 144 valence electrons. The van der Waals surface area contributed by atoms with Crippen molar-refractivity contribution >= 4 is 16.9 Å². The third-order valence-corrected chi connectivity index (χ3v) is 6.17. The Kier molecular flexibility index (Phi) is 4.63. The topological polar surface area (TPSA) is 78.4 Å². The molecule has 0 aliphatic carbocycles. The number of fused-ring (bicyclic) bond motifs is 2. The number of rotatable bonds is 2. The van der Waals surface area contributed by atoms with Gasteiger partial charge >= 0.3 is 11.1 Å². The average molecular weight is 370 g/mol. The highest BCUT2D eigenvalue weighted by Crippen LogP contribution is 2.30. The van der Waals surface area contributed by atoms with Crippen molar-refractivity contribution in [2.45, 2.75) is 38.8 Å². The Morgan fingerprint density at radius 3 is 2.81 bits per heavy atom. The summed E-state index contributed by atoms with van der Waals surface area (Å²) in [7, 11) is 2.18. The highest BCUT2D eigenvalue weighted by molar-refractivity contribution is 5.97. The number of amides is 1. The van der Waals surface area contributed by atoms with E-state index < -0.39 is 11.1 Å². The summed E-state index contributed by atoms with van der Waals surface area (Å²) in [6.07, 6.45) is 3.37. The molecule has 7 nitrogen and oxygen atoms in total. The maximum atomic E-state index is 13.1. The van der Waals surface area contributed by atoms with Gasteiger partial charge in [-0.05, 0) is 63.9 Å². The van der Waals surface area contributed by atoms with Crippen molar-refractivity contribution < 1.29 is 4.79 Å². The lowest BCUT2D eigenvalue weighted by Crippen LogP contribution is -2.53. The Morgan fingerprint density at radius 1 is 1.22 bits per heavy atom. The van der Waals surface area contributed by atoms with E-state index in [1.165, 1.54) is 17.4 Å². The van der Waals surface area contributed by atoms with E-state index in [0.717, 1.165) is 26.1 Å². The van der Waals surface area contributed by atoms with Crippen molar-refractivity contribution in [2.24, 2.45) is 5.92 Å². The summed E-state index contributed by atoms with van der Waals surface area (Å²) >= 11 is 0. The normalized spacial score (nSPS) is 23.4. The van der Waals surface area contributed by atoms with Crippen LogP contribution in [0.25, 0.3) is 11.0 Å². The van der Waals surface area contributed by atoms with E-state index in [2.05, 4.69) is 16.9 Å². The Hall–Kier alpha value is -2.41. The standard InChI is InChI=1S/C20H26N4O3/c1-3-24-17-7-6-13(11-15(17)21-18(25)20(24)27)19(26)23-10-8-16-14(12-23)5-4-9-22(16)2/h6-7,11,14,16H,3-5,8-10,12H2,1-2H3,(H,21,25). The lowest BCUT2D eigenvalue weighted by molar-refractivity contribution is 0.0317. The molecule has 2 atom stereocenters. The van der Waals surface area contributed by atoms with Crippen LogP contribution in [-0.4, -0.2) is 58.0 Å². The number of hydrogen-bond acceptors (Lipinski definition) is 4. The Labute approximate surface area is 157 Å². The van der Waals surface area contributed by atoms with Crippen LogP contribution in [0.3, 0.4) is 0 Å². The third kappa shape index (κ3) is 3.10. The van der Waals surface area contributed by atoms with Crippen LogP contribution in [0.5, 0.6) is 0 Å². The van der Waals surface area contributed by atoms with Crippen molar-refractivity contribution in [1.82, 2.24) is 19.4 Å². The molecule has 27 heavy (non-hydrogen) atoms. The van der Waals surface area contributed by atoms with Gasteiger partial charge in [0.1, 0.15) is 0 Å². The molecule has 7 heteroatoms. The van der Waals surface area contributed by atoms with Gasteiger partial charge in [-0.3, -0.25) is 14.4 Å². The fraction of sp³-hybridized carbons (Fsp3) is 0.550. The van der Waals surface area contributed by atoms with E-state index in [-0.39, 0.29) is 5.91 Å². The van der Waals surface area contributed by atoms with Crippen molar-refractivity contribution in [2.75, 3.05) is 26.7 Å². The summed E-state index contributed by atoms with van der Waals surface area (Å²) < 4.78 is 1.44. The van der Waals surface area contributed by atoms with Crippen LogP contribution in [0.1, 0.15) is 36.5 Å². The lowest BCUT2D eigenvalue weighted by atomic mass is 9.84. The molecule has 0 saturated carbocycles. The van der Waals surface area contributed by atoms with Gasteiger partial charge in [0.15, 0.2) is 0 Å². The molecular formula is C20H26N4O3. The van der Waals surface area contributed by atoms with Crippen LogP contribution in [0.2, 0.25) is 0 Å². The predicted octanol–water partition coefficient (Wildman–Crippen LogP) is 1.27. The summed E-state index contributed by atoms with van der Waals surface area (Å²) in [6.45, 7) is 4.93. The van der Waals surface area contributed by atoms with Gasteiger partial charge in [0.05, 0.1) is 11.0 Å². The molecule has 2 fully saturated rings. The predicted molar refractivity (Wildman–Crippen MR) is 104 cm³/mol. The third-order valence-electron chi connectivity index (χ3n) is 6.17. The molecular weight excluding hydrogens is 344 g/mol. The zero-order chi connectivity index (χ0) is 19.1. The second-order valence-corrected chi connectivity index (χ2v) is 7.73. The van der Waals surface area contributed by atoms with Crippen LogP contribution in [0.15, 0.2) is 27.8 Å². The van der Waals surface area contributed by atoms with Crippen molar-refractivity contribution in [3.05, 3.63) is 44.5 Å². The zero-order valence-electron chi connectivity index (χ0n) is 15.9. The van der Waals surface area contributed by atoms with E-state index in [0.29, 0.717) is 35.1 Å². The van der Waals surface area contributed by atoms with Crippen LogP contribution in [0, 0.1) is 5.92 Å². The number of aromatic amines is 1. The largest absolute Gasteiger partial charge is 0.338 e. The Balaban J connectivity index is 1.62. The fourth-order valence-electron chi connectivity index (χ4n) is 4.75. The molecule has 2 unspecified atom stereocenters. The molecule has 1 amide bonds. The zero-order valence-corrected chi connectivity index (χ0v) is 15.9. The molecule has 0 spiro atoms. The van der Waals surface area contributed by atoms with Crippen LogP contribution >= 0.6 is 0 Å². The monoisotopic (exact) mass is 370 g/mol. The summed E-state index contributed by atoms with van der Waals surface area (Å²) in [6, 6.07) is 5.79. The van der Waals surface area contributed by atoms with Crippen molar-refractivity contribution in [3.63, 3.8) is 0 Å². The highest BCUT2D eigenvalue weighted by Gasteiger charge is 2.35. The van der Waals surface area contributed by atoms with Gasteiger partial charge < -0.3 is 19.4 Å². The summed E-state index contributed by atoms with van der Waals surface area (Å²) in [5.41, 5.74) is 0.514. The molecule has 2 aliphatic rings. The molecule has 4 rings (SSSR count). The van der Waals surface area contributed by atoms with Gasteiger partial charge in [0.25, 0.3) is 5.91 Å². The number of H-pyrrole nitrogens is 1. The second-order valence-electron chi connectivity index (χ2n) is 7.73. The first kappa shape index (κ1) is 18.0. The molecule has 2 aromatic rings. The molecule has 1 aromatic carbocycles. The number of likely N-dealkylation sites (tertiary alicyclic amines) is 2. The first-order chi connectivity index (χ1) is 13.0.